The van der Waals surface area contributed by atoms with Crippen molar-refractivity contribution in [2.24, 2.45) is 5.41 Å². The van der Waals surface area contributed by atoms with Gasteiger partial charge in [0.1, 0.15) is 5.52 Å². The molecule has 3 rings (SSSR count). The van der Waals surface area contributed by atoms with Crippen LogP contribution in [0.4, 0.5) is 0 Å². The molecule has 1 aromatic carbocycles. The number of aliphatic carboxylic acids is 1. The van der Waals surface area contributed by atoms with E-state index < -0.39 is 5.97 Å². The zero-order valence-corrected chi connectivity index (χ0v) is 13.4. The molecule has 1 aliphatic carbocycles. The highest BCUT2D eigenvalue weighted by molar-refractivity contribution is 9.10. The summed E-state index contributed by atoms with van der Waals surface area (Å²) >= 11 is 3.46. The van der Waals surface area contributed by atoms with E-state index in [4.69, 9.17) is 4.42 Å². The molecule has 1 fully saturated rings. The predicted octanol–water partition coefficient (Wildman–Crippen LogP) is 4.56. The Hall–Kier alpha value is -1.36. The van der Waals surface area contributed by atoms with Crippen LogP contribution >= 0.6 is 15.9 Å². The first-order chi connectivity index (χ1) is 10.1. The zero-order chi connectivity index (χ0) is 14.9. The van der Waals surface area contributed by atoms with Gasteiger partial charge in [-0.1, -0.05) is 25.3 Å². The molecule has 5 heteroatoms. The van der Waals surface area contributed by atoms with Gasteiger partial charge in [-0.15, -0.1) is 0 Å². The quantitative estimate of drug-likeness (QED) is 0.876. The molecule has 1 saturated carbocycles. The van der Waals surface area contributed by atoms with Crippen LogP contribution in [-0.4, -0.2) is 16.1 Å². The van der Waals surface area contributed by atoms with Crippen LogP contribution in [0.25, 0.3) is 11.1 Å². The molecule has 2 aromatic rings. The van der Waals surface area contributed by atoms with Gasteiger partial charge in [0.05, 0.1) is 10.9 Å². The number of rotatable bonds is 4. The molecule has 4 nitrogen and oxygen atoms in total. The van der Waals surface area contributed by atoms with E-state index in [0.29, 0.717) is 12.3 Å². The van der Waals surface area contributed by atoms with Crippen LogP contribution in [0.3, 0.4) is 0 Å². The number of aromatic nitrogens is 1. The summed E-state index contributed by atoms with van der Waals surface area (Å²) in [6.45, 7) is 0. The molecule has 0 saturated heterocycles. The SMILES string of the molecule is O=C(O)CC1(Cc2nc3cccc(Br)c3o2)CCCCC1. The maximum absolute atomic E-state index is 11.2. The standard InChI is InChI=1S/C16H18BrNO3/c17-11-5-4-6-12-15(11)21-13(18-12)9-16(10-14(19)20)7-2-1-3-8-16/h4-6H,1-3,7-10H2,(H,19,20). The topological polar surface area (TPSA) is 63.3 Å². The molecular weight excluding hydrogens is 334 g/mol. The van der Waals surface area contributed by atoms with Crippen molar-refractivity contribution < 1.29 is 14.3 Å². The number of hydrogen-bond acceptors (Lipinski definition) is 3. The minimum absolute atomic E-state index is 0.197. The average molecular weight is 352 g/mol. The Kier molecular flexibility index (Phi) is 4.02. The van der Waals surface area contributed by atoms with Crippen molar-refractivity contribution in [1.29, 1.82) is 0 Å². The van der Waals surface area contributed by atoms with Gasteiger partial charge in [0.25, 0.3) is 0 Å². The van der Waals surface area contributed by atoms with Crippen molar-refractivity contribution in [3.05, 3.63) is 28.6 Å². The number of carboxylic acids is 1. The lowest BCUT2D eigenvalue weighted by molar-refractivity contribution is -0.140. The van der Waals surface area contributed by atoms with Crippen LogP contribution in [-0.2, 0) is 11.2 Å². The monoisotopic (exact) mass is 351 g/mol. The van der Waals surface area contributed by atoms with E-state index in [9.17, 15) is 9.90 Å². The molecule has 0 unspecified atom stereocenters. The van der Waals surface area contributed by atoms with Crippen LogP contribution in [0.1, 0.15) is 44.4 Å². The lowest BCUT2D eigenvalue weighted by Crippen LogP contribution is -2.29. The fourth-order valence-electron chi connectivity index (χ4n) is 3.40. The summed E-state index contributed by atoms with van der Waals surface area (Å²) in [5, 5.41) is 9.23. The molecule has 1 heterocycles. The van der Waals surface area contributed by atoms with Crippen LogP contribution < -0.4 is 0 Å². The molecule has 1 aromatic heterocycles. The van der Waals surface area contributed by atoms with Crippen LogP contribution in [0.2, 0.25) is 0 Å². The summed E-state index contributed by atoms with van der Waals surface area (Å²) in [6.07, 6.45) is 6.08. The second kappa shape index (κ2) is 5.79. The predicted molar refractivity (Wildman–Crippen MR) is 83.2 cm³/mol. The average Bonchev–Trinajstić information content (AvgIpc) is 2.82. The van der Waals surface area contributed by atoms with E-state index in [1.54, 1.807) is 0 Å². The Morgan fingerprint density at radius 1 is 1.33 bits per heavy atom. The minimum Gasteiger partial charge on any atom is -0.481 e. The van der Waals surface area contributed by atoms with E-state index >= 15 is 0 Å². The molecule has 112 valence electrons. The molecule has 0 bridgehead atoms. The molecule has 0 radical (unpaired) electrons. The summed E-state index contributed by atoms with van der Waals surface area (Å²) in [5.41, 5.74) is 1.37. The summed E-state index contributed by atoms with van der Waals surface area (Å²) in [7, 11) is 0. The van der Waals surface area contributed by atoms with E-state index in [-0.39, 0.29) is 11.8 Å². The van der Waals surface area contributed by atoms with Gasteiger partial charge in [-0.05, 0) is 46.3 Å². The van der Waals surface area contributed by atoms with Gasteiger partial charge in [0.15, 0.2) is 11.5 Å². The first-order valence-corrected chi connectivity index (χ1v) is 8.13. The van der Waals surface area contributed by atoms with Crippen LogP contribution in [0.5, 0.6) is 0 Å². The highest BCUT2D eigenvalue weighted by atomic mass is 79.9. The number of oxazole rings is 1. The smallest absolute Gasteiger partial charge is 0.303 e. The molecule has 0 spiro atoms. The number of nitrogens with zero attached hydrogens (tertiary/aromatic N) is 1. The van der Waals surface area contributed by atoms with Crippen molar-refractivity contribution in [2.45, 2.75) is 44.9 Å². The second-order valence-corrected chi connectivity index (χ2v) is 6.86. The summed E-state index contributed by atoms with van der Waals surface area (Å²) in [6, 6.07) is 5.76. The highest BCUT2D eigenvalue weighted by Crippen LogP contribution is 2.42. The molecule has 0 amide bonds. The number of fused-ring (bicyclic) bond motifs is 1. The first kappa shape index (κ1) is 14.6. The molecule has 1 aliphatic rings. The Bertz CT molecular complexity index is 659. The van der Waals surface area contributed by atoms with Gasteiger partial charge in [-0.25, -0.2) is 4.98 Å². The van der Waals surface area contributed by atoms with E-state index in [0.717, 1.165) is 41.3 Å². The van der Waals surface area contributed by atoms with Crippen molar-refractivity contribution in [2.75, 3.05) is 0 Å². The Balaban J connectivity index is 1.90. The normalized spacial score (nSPS) is 18.0. The molecule has 0 atom stereocenters. The van der Waals surface area contributed by atoms with Gasteiger partial charge >= 0.3 is 5.97 Å². The number of carbonyl (C=O) groups is 1. The largest absolute Gasteiger partial charge is 0.481 e. The fraction of sp³-hybridized carbons (Fsp3) is 0.500. The van der Waals surface area contributed by atoms with E-state index in [2.05, 4.69) is 20.9 Å². The zero-order valence-electron chi connectivity index (χ0n) is 11.8. The third-order valence-corrected chi connectivity index (χ3v) is 5.00. The third kappa shape index (κ3) is 3.12. The summed E-state index contributed by atoms with van der Waals surface area (Å²) < 4.78 is 6.74. The van der Waals surface area contributed by atoms with Gasteiger partial charge in [-0.3, -0.25) is 4.79 Å². The lowest BCUT2D eigenvalue weighted by atomic mass is 9.69. The van der Waals surface area contributed by atoms with Crippen LogP contribution in [0, 0.1) is 5.41 Å². The van der Waals surface area contributed by atoms with Crippen molar-refractivity contribution in [3.63, 3.8) is 0 Å². The molecule has 0 aliphatic heterocycles. The van der Waals surface area contributed by atoms with Gasteiger partial charge in [0.2, 0.25) is 0 Å². The van der Waals surface area contributed by atoms with Crippen molar-refractivity contribution in [1.82, 2.24) is 4.98 Å². The fourth-order valence-corrected chi connectivity index (χ4v) is 3.83. The lowest BCUT2D eigenvalue weighted by Gasteiger charge is -2.35. The van der Waals surface area contributed by atoms with Gasteiger partial charge in [-0.2, -0.15) is 0 Å². The number of halogens is 1. The number of benzene rings is 1. The highest BCUT2D eigenvalue weighted by Gasteiger charge is 2.36. The van der Waals surface area contributed by atoms with Gasteiger partial charge in [0, 0.05) is 6.42 Å². The van der Waals surface area contributed by atoms with E-state index in [1.807, 2.05) is 18.2 Å². The minimum atomic E-state index is -0.728. The number of para-hydroxylation sites is 1. The third-order valence-electron chi connectivity index (χ3n) is 4.38. The van der Waals surface area contributed by atoms with Crippen molar-refractivity contribution >= 4 is 33.0 Å². The van der Waals surface area contributed by atoms with E-state index in [1.165, 1.54) is 6.42 Å². The molecular formula is C16H18BrNO3. The Morgan fingerprint density at radius 2 is 2.10 bits per heavy atom. The maximum atomic E-state index is 11.2. The summed E-state index contributed by atoms with van der Waals surface area (Å²) in [5.74, 6) is -0.0748. The number of carboxylic acid groups (broad SMARTS) is 1. The Labute approximate surface area is 131 Å². The molecule has 21 heavy (non-hydrogen) atoms. The maximum Gasteiger partial charge on any atom is 0.303 e. The van der Waals surface area contributed by atoms with Crippen LogP contribution in [0.15, 0.2) is 27.1 Å². The number of hydrogen-bond donors (Lipinski definition) is 1. The van der Waals surface area contributed by atoms with Crippen molar-refractivity contribution in [3.8, 4) is 0 Å². The van der Waals surface area contributed by atoms with Gasteiger partial charge < -0.3 is 9.52 Å². The Morgan fingerprint density at radius 3 is 2.76 bits per heavy atom. The molecule has 1 N–H and O–H groups in total. The summed E-state index contributed by atoms with van der Waals surface area (Å²) in [4.78, 5) is 15.8. The second-order valence-electron chi connectivity index (χ2n) is 6.00. The first-order valence-electron chi connectivity index (χ1n) is 7.34.